The zero-order valence-corrected chi connectivity index (χ0v) is 11.5. The van der Waals surface area contributed by atoms with E-state index in [1.807, 2.05) is 18.2 Å². The molecule has 19 heavy (non-hydrogen) atoms. The summed E-state index contributed by atoms with van der Waals surface area (Å²) < 4.78 is 2.14. The van der Waals surface area contributed by atoms with Crippen LogP contribution in [0.4, 0.5) is 0 Å². The topological polar surface area (TPSA) is 50.1 Å². The quantitative estimate of drug-likeness (QED) is 0.905. The van der Waals surface area contributed by atoms with Crippen LogP contribution in [0.15, 0.2) is 18.2 Å². The lowest BCUT2D eigenvalue weighted by Crippen LogP contribution is -2.28. The Labute approximate surface area is 117 Å². The lowest BCUT2D eigenvalue weighted by molar-refractivity contribution is 0.273. The summed E-state index contributed by atoms with van der Waals surface area (Å²) in [6.07, 6.45) is 2.20. The van der Waals surface area contributed by atoms with E-state index in [1.54, 1.807) is 0 Å². The number of nitrogens with one attached hydrogen (secondary N) is 1. The number of hydrogen-bond donors (Lipinski definition) is 2. The molecule has 0 radical (unpaired) electrons. The number of rotatable bonds is 3. The maximum atomic E-state index is 9.29. The summed E-state index contributed by atoms with van der Waals surface area (Å²) in [5.41, 5.74) is 1.99. The van der Waals surface area contributed by atoms with Crippen molar-refractivity contribution in [1.82, 2.24) is 14.9 Å². The third-order valence-corrected chi connectivity index (χ3v) is 4.00. The molecular formula is C14H18ClN3O. The minimum absolute atomic E-state index is 0.131. The van der Waals surface area contributed by atoms with E-state index < -0.39 is 0 Å². The first-order chi connectivity index (χ1) is 9.29. The van der Waals surface area contributed by atoms with Gasteiger partial charge in [-0.2, -0.15) is 0 Å². The molecule has 1 aliphatic rings. The maximum Gasteiger partial charge on any atom is 0.113 e. The van der Waals surface area contributed by atoms with Crippen LogP contribution >= 0.6 is 11.6 Å². The number of imidazole rings is 1. The smallest absolute Gasteiger partial charge is 0.113 e. The number of piperidine rings is 1. The molecule has 0 spiro atoms. The van der Waals surface area contributed by atoms with Crippen molar-refractivity contribution in [3.63, 3.8) is 0 Å². The van der Waals surface area contributed by atoms with Crippen LogP contribution in [-0.4, -0.2) is 34.4 Å². The van der Waals surface area contributed by atoms with Crippen LogP contribution in [0.1, 0.15) is 24.6 Å². The van der Waals surface area contributed by atoms with Crippen molar-refractivity contribution in [1.29, 1.82) is 0 Å². The second-order valence-corrected chi connectivity index (χ2v) is 5.44. The van der Waals surface area contributed by atoms with Crippen molar-refractivity contribution in [3.05, 3.63) is 29.0 Å². The molecule has 0 amide bonds. The molecule has 3 rings (SSSR count). The molecule has 0 atom stereocenters. The fourth-order valence-electron chi connectivity index (χ4n) is 2.85. The van der Waals surface area contributed by atoms with E-state index in [9.17, 15) is 5.11 Å². The highest BCUT2D eigenvalue weighted by atomic mass is 35.5. The molecule has 5 heteroatoms. The summed E-state index contributed by atoms with van der Waals surface area (Å²) in [6.45, 7) is 2.80. The van der Waals surface area contributed by atoms with E-state index in [-0.39, 0.29) is 6.61 Å². The van der Waals surface area contributed by atoms with E-state index in [2.05, 4.69) is 9.88 Å². The molecule has 1 fully saturated rings. The molecule has 0 aliphatic carbocycles. The molecule has 2 N–H and O–H groups in total. The average molecular weight is 280 g/mol. The van der Waals surface area contributed by atoms with Gasteiger partial charge in [-0.1, -0.05) is 11.6 Å². The first-order valence-corrected chi connectivity index (χ1v) is 7.14. The summed E-state index contributed by atoms with van der Waals surface area (Å²) >= 11 is 6.03. The lowest BCUT2D eigenvalue weighted by Gasteiger charge is -2.23. The third-order valence-electron chi connectivity index (χ3n) is 3.77. The minimum Gasteiger partial charge on any atom is -0.395 e. The van der Waals surface area contributed by atoms with E-state index in [0.29, 0.717) is 17.5 Å². The number of aliphatic hydroxyl groups excluding tert-OH is 1. The van der Waals surface area contributed by atoms with E-state index in [1.165, 1.54) is 0 Å². The molecule has 4 nitrogen and oxygen atoms in total. The molecule has 0 bridgehead atoms. The molecule has 2 heterocycles. The molecule has 1 saturated heterocycles. The second-order valence-electron chi connectivity index (χ2n) is 5.00. The Morgan fingerprint density at radius 1 is 1.37 bits per heavy atom. The number of benzene rings is 1. The zero-order chi connectivity index (χ0) is 13.2. The van der Waals surface area contributed by atoms with Gasteiger partial charge in [0.05, 0.1) is 17.6 Å². The fourth-order valence-corrected chi connectivity index (χ4v) is 3.01. The number of hydrogen-bond acceptors (Lipinski definition) is 3. The van der Waals surface area contributed by atoms with E-state index in [0.717, 1.165) is 42.8 Å². The fraction of sp³-hybridized carbons (Fsp3) is 0.500. The third kappa shape index (κ3) is 2.48. The van der Waals surface area contributed by atoms with Gasteiger partial charge in [-0.05, 0) is 44.1 Å². The number of fused-ring (bicyclic) bond motifs is 1. The van der Waals surface area contributed by atoms with Crippen LogP contribution in [0.2, 0.25) is 5.02 Å². The zero-order valence-electron chi connectivity index (χ0n) is 10.8. The standard InChI is InChI=1S/C14H18ClN3O/c15-11-1-2-13-12(9-11)17-14(18(13)7-8-19)10-3-5-16-6-4-10/h1-2,9-10,16,19H,3-8H2. The highest BCUT2D eigenvalue weighted by Crippen LogP contribution is 2.29. The molecule has 0 unspecified atom stereocenters. The van der Waals surface area contributed by atoms with Crippen LogP contribution in [0, 0.1) is 0 Å². The molecule has 2 aromatic rings. The maximum absolute atomic E-state index is 9.29. The summed E-state index contributed by atoms with van der Waals surface area (Å²) in [7, 11) is 0. The SMILES string of the molecule is OCCn1c(C2CCNCC2)nc2cc(Cl)ccc21. The summed E-state index contributed by atoms with van der Waals surface area (Å²) in [5.74, 6) is 1.56. The predicted molar refractivity (Wildman–Crippen MR) is 76.7 cm³/mol. The molecule has 1 aromatic carbocycles. The van der Waals surface area contributed by atoms with Crippen molar-refractivity contribution in [2.24, 2.45) is 0 Å². The van der Waals surface area contributed by atoms with Crippen LogP contribution in [-0.2, 0) is 6.54 Å². The van der Waals surface area contributed by atoms with Crippen LogP contribution < -0.4 is 5.32 Å². The van der Waals surface area contributed by atoms with Gasteiger partial charge < -0.3 is 15.0 Å². The Morgan fingerprint density at radius 3 is 2.89 bits per heavy atom. The van der Waals surface area contributed by atoms with Gasteiger partial charge in [0, 0.05) is 17.5 Å². The first-order valence-electron chi connectivity index (χ1n) is 6.77. The molecule has 1 aliphatic heterocycles. The van der Waals surface area contributed by atoms with E-state index in [4.69, 9.17) is 16.6 Å². The average Bonchev–Trinajstić information content (AvgIpc) is 2.78. The van der Waals surface area contributed by atoms with Crippen LogP contribution in [0.3, 0.4) is 0 Å². The predicted octanol–water partition coefficient (Wildman–Crippen LogP) is 2.15. The van der Waals surface area contributed by atoms with Crippen molar-refractivity contribution in [3.8, 4) is 0 Å². The largest absolute Gasteiger partial charge is 0.395 e. The highest BCUT2D eigenvalue weighted by Gasteiger charge is 2.22. The van der Waals surface area contributed by atoms with Crippen molar-refractivity contribution < 1.29 is 5.11 Å². The van der Waals surface area contributed by atoms with Gasteiger partial charge in [0.1, 0.15) is 5.82 Å². The molecule has 1 aromatic heterocycles. The lowest BCUT2D eigenvalue weighted by atomic mass is 9.97. The number of aliphatic hydroxyl groups is 1. The Bertz CT molecular complexity index is 575. The van der Waals surface area contributed by atoms with Gasteiger partial charge in [0.15, 0.2) is 0 Å². The van der Waals surface area contributed by atoms with Gasteiger partial charge in [-0.15, -0.1) is 0 Å². The summed E-state index contributed by atoms with van der Waals surface area (Å²) in [6, 6.07) is 5.77. The number of halogens is 1. The molecular weight excluding hydrogens is 262 g/mol. The number of aromatic nitrogens is 2. The Balaban J connectivity index is 2.08. The van der Waals surface area contributed by atoms with Crippen molar-refractivity contribution in [2.75, 3.05) is 19.7 Å². The van der Waals surface area contributed by atoms with Gasteiger partial charge in [0.2, 0.25) is 0 Å². The minimum atomic E-state index is 0.131. The van der Waals surface area contributed by atoms with Gasteiger partial charge in [-0.25, -0.2) is 4.98 Å². The van der Waals surface area contributed by atoms with Gasteiger partial charge in [-0.3, -0.25) is 0 Å². The highest BCUT2D eigenvalue weighted by molar-refractivity contribution is 6.31. The van der Waals surface area contributed by atoms with Crippen LogP contribution in [0.5, 0.6) is 0 Å². The van der Waals surface area contributed by atoms with Crippen molar-refractivity contribution in [2.45, 2.75) is 25.3 Å². The monoisotopic (exact) mass is 279 g/mol. The van der Waals surface area contributed by atoms with Gasteiger partial charge in [0.25, 0.3) is 0 Å². The Kier molecular flexibility index (Phi) is 3.73. The molecule has 102 valence electrons. The Morgan fingerprint density at radius 2 is 2.16 bits per heavy atom. The first kappa shape index (κ1) is 12.9. The second kappa shape index (κ2) is 5.49. The normalized spacial score (nSPS) is 17.2. The van der Waals surface area contributed by atoms with Crippen LogP contribution in [0.25, 0.3) is 11.0 Å². The summed E-state index contributed by atoms with van der Waals surface area (Å²) in [5, 5.41) is 13.4. The Hall–Kier alpha value is -1.10. The summed E-state index contributed by atoms with van der Waals surface area (Å²) in [4.78, 5) is 4.76. The van der Waals surface area contributed by atoms with Crippen molar-refractivity contribution >= 4 is 22.6 Å². The molecule has 0 saturated carbocycles. The number of nitrogens with zero attached hydrogens (tertiary/aromatic N) is 2. The van der Waals surface area contributed by atoms with E-state index >= 15 is 0 Å². The van der Waals surface area contributed by atoms with Gasteiger partial charge >= 0.3 is 0 Å².